The second-order valence-corrected chi connectivity index (χ2v) is 6.59. The lowest BCUT2D eigenvalue weighted by molar-refractivity contribution is -0.274. The molecule has 1 fully saturated rings. The molecule has 9 heteroatoms. The topological polar surface area (TPSA) is 51.7 Å². The molecule has 1 amide bonds. The van der Waals surface area contributed by atoms with Crippen LogP contribution >= 0.6 is 15.9 Å². The van der Waals surface area contributed by atoms with Crippen molar-refractivity contribution in [3.8, 4) is 11.6 Å². The standard InChI is InChI=1S/C17H14BrF3N2O3/c18-12-4-5-15(22-9-12)25-14-6-7-23(10-14)16(24)11-2-1-3-13(8-11)26-17(19,20)21/h1-5,8-9,14H,6-7,10H2. The Morgan fingerprint density at radius 2 is 2.08 bits per heavy atom. The molecule has 1 unspecified atom stereocenters. The zero-order chi connectivity index (χ0) is 18.7. The summed E-state index contributed by atoms with van der Waals surface area (Å²) in [5.41, 5.74) is 0.133. The molecule has 0 aliphatic carbocycles. The Hall–Kier alpha value is -2.29. The number of rotatable bonds is 4. The molecule has 1 aromatic heterocycles. The van der Waals surface area contributed by atoms with Crippen molar-refractivity contribution in [2.24, 2.45) is 0 Å². The number of alkyl halides is 3. The highest BCUT2D eigenvalue weighted by Gasteiger charge is 2.32. The maximum Gasteiger partial charge on any atom is 0.573 e. The molecule has 1 aliphatic rings. The van der Waals surface area contributed by atoms with Gasteiger partial charge in [0.15, 0.2) is 0 Å². The smallest absolute Gasteiger partial charge is 0.472 e. The number of nitrogens with zero attached hydrogens (tertiary/aromatic N) is 2. The summed E-state index contributed by atoms with van der Waals surface area (Å²) < 4.78 is 47.4. The Balaban J connectivity index is 1.62. The predicted molar refractivity (Wildman–Crippen MR) is 90.0 cm³/mol. The summed E-state index contributed by atoms with van der Waals surface area (Å²) in [5, 5.41) is 0. The third-order valence-electron chi connectivity index (χ3n) is 3.73. The minimum atomic E-state index is -4.80. The molecule has 1 atom stereocenters. The third-order valence-corrected chi connectivity index (χ3v) is 4.20. The molecule has 2 heterocycles. The molecule has 138 valence electrons. The molecule has 1 saturated heterocycles. The van der Waals surface area contributed by atoms with Crippen molar-refractivity contribution >= 4 is 21.8 Å². The van der Waals surface area contributed by atoms with Gasteiger partial charge in [-0.1, -0.05) is 6.07 Å². The van der Waals surface area contributed by atoms with E-state index in [0.717, 1.165) is 16.6 Å². The molecule has 0 radical (unpaired) electrons. The van der Waals surface area contributed by atoms with Gasteiger partial charge >= 0.3 is 6.36 Å². The summed E-state index contributed by atoms with van der Waals surface area (Å²) in [6.07, 6.45) is -2.80. The van der Waals surface area contributed by atoms with Crippen LogP contribution in [0.4, 0.5) is 13.2 Å². The van der Waals surface area contributed by atoms with E-state index in [1.54, 1.807) is 18.3 Å². The van der Waals surface area contributed by atoms with Crippen LogP contribution in [-0.2, 0) is 0 Å². The first kappa shape index (κ1) is 18.5. The van der Waals surface area contributed by atoms with Crippen molar-refractivity contribution in [2.75, 3.05) is 13.1 Å². The van der Waals surface area contributed by atoms with Gasteiger partial charge < -0.3 is 14.4 Å². The van der Waals surface area contributed by atoms with E-state index in [4.69, 9.17) is 4.74 Å². The molecule has 1 aliphatic heterocycles. The largest absolute Gasteiger partial charge is 0.573 e. The SMILES string of the molecule is O=C(c1cccc(OC(F)(F)F)c1)N1CCC(Oc2ccc(Br)cn2)C1. The van der Waals surface area contributed by atoms with Crippen molar-refractivity contribution in [1.29, 1.82) is 0 Å². The molecule has 3 rings (SSSR count). The maximum absolute atomic E-state index is 12.5. The molecule has 2 aromatic rings. The second-order valence-electron chi connectivity index (χ2n) is 5.67. The normalized spacial score (nSPS) is 17.2. The molecule has 0 saturated carbocycles. The Kier molecular flexibility index (Phi) is 5.36. The summed E-state index contributed by atoms with van der Waals surface area (Å²) in [6.45, 7) is 0.783. The summed E-state index contributed by atoms with van der Waals surface area (Å²) >= 11 is 3.28. The number of benzene rings is 1. The van der Waals surface area contributed by atoms with E-state index in [9.17, 15) is 18.0 Å². The van der Waals surface area contributed by atoms with Crippen molar-refractivity contribution in [3.05, 3.63) is 52.6 Å². The summed E-state index contributed by atoms with van der Waals surface area (Å²) in [4.78, 5) is 18.2. The fraction of sp³-hybridized carbons (Fsp3) is 0.294. The third kappa shape index (κ3) is 4.87. The first-order valence-electron chi connectivity index (χ1n) is 7.73. The number of hydrogen-bond donors (Lipinski definition) is 0. The summed E-state index contributed by atoms with van der Waals surface area (Å²) in [7, 11) is 0. The lowest BCUT2D eigenvalue weighted by Gasteiger charge is -2.17. The van der Waals surface area contributed by atoms with E-state index in [1.165, 1.54) is 17.0 Å². The molecule has 0 N–H and O–H groups in total. The number of hydrogen-bond acceptors (Lipinski definition) is 4. The minimum Gasteiger partial charge on any atom is -0.472 e. The van der Waals surface area contributed by atoms with Crippen LogP contribution in [-0.4, -0.2) is 41.3 Å². The molecule has 26 heavy (non-hydrogen) atoms. The van der Waals surface area contributed by atoms with Gasteiger partial charge in [-0.15, -0.1) is 13.2 Å². The maximum atomic E-state index is 12.5. The van der Waals surface area contributed by atoms with E-state index < -0.39 is 12.1 Å². The molecule has 0 bridgehead atoms. The van der Waals surface area contributed by atoms with Crippen LogP contribution in [0.1, 0.15) is 16.8 Å². The van der Waals surface area contributed by atoms with Gasteiger partial charge in [-0.2, -0.15) is 0 Å². The van der Waals surface area contributed by atoms with E-state index >= 15 is 0 Å². The zero-order valence-electron chi connectivity index (χ0n) is 13.4. The molecule has 0 spiro atoms. The van der Waals surface area contributed by atoms with Gasteiger partial charge in [-0.05, 0) is 40.2 Å². The zero-order valence-corrected chi connectivity index (χ0v) is 15.0. The highest BCUT2D eigenvalue weighted by atomic mass is 79.9. The summed E-state index contributed by atoms with van der Waals surface area (Å²) in [6, 6.07) is 8.55. The second kappa shape index (κ2) is 7.53. The van der Waals surface area contributed by atoms with Crippen LogP contribution in [0.25, 0.3) is 0 Å². The van der Waals surface area contributed by atoms with Gasteiger partial charge in [0.1, 0.15) is 11.9 Å². The molecule has 5 nitrogen and oxygen atoms in total. The van der Waals surface area contributed by atoms with Gasteiger partial charge in [0.2, 0.25) is 5.88 Å². The fourth-order valence-corrected chi connectivity index (χ4v) is 2.85. The number of aromatic nitrogens is 1. The van der Waals surface area contributed by atoms with Crippen LogP contribution in [0.2, 0.25) is 0 Å². The van der Waals surface area contributed by atoms with Gasteiger partial charge in [-0.3, -0.25) is 4.79 Å². The lowest BCUT2D eigenvalue weighted by atomic mass is 10.2. The van der Waals surface area contributed by atoms with E-state index in [-0.39, 0.29) is 17.6 Å². The van der Waals surface area contributed by atoms with Gasteiger partial charge in [0.05, 0.1) is 6.54 Å². The van der Waals surface area contributed by atoms with Crippen LogP contribution in [0.15, 0.2) is 47.1 Å². The average molecular weight is 431 g/mol. The van der Waals surface area contributed by atoms with Gasteiger partial charge in [0.25, 0.3) is 5.91 Å². The highest BCUT2D eigenvalue weighted by molar-refractivity contribution is 9.10. The number of likely N-dealkylation sites (tertiary alicyclic amines) is 1. The van der Waals surface area contributed by atoms with E-state index in [1.807, 2.05) is 0 Å². The quantitative estimate of drug-likeness (QED) is 0.734. The average Bonchev–Trinajstić information content (AvgIpc) is 3.03. The lowest BCUT2D eigenvalue weighted by Crippen LogP contribution is -2.31. The van der Waals surface area contributed by atoms with Gasteiger partial charge in [-0.25, -0.2) is 4.98 Å². The number of carbonyl (C=O) groups is 1. The van der Waals surface area contributed by atoms with Crippen LogP contribution in [0.3, 0.4) is 0 Å². The first-order valence-corrected chi connectivity index (χ1v) is 8.53. The van der Waals surface area contributed by atoms with Crippen molar-refractivity contribution in [3.63, 3.8) is 0 Å². The van der Waals surface area contributed by atoms with E-state index in [0.29, 0.717) is 25.4 Å². The Labute approximate surface area is 155 Å². The minimum absolute atomic E-state index is 0.133. The highest BCUT2D eigenvalue weighted by Crippen LogP contribution is 2.25. The van der Waals surface area contributed by atoms with Gasteiger partial charge in [0, 0.05) is 35.3 Å². The number of carbonyl (C=O) groups excluding carboxylic acids is 1. The van der Waals surface area contributed by atoms with Crippen LogP contribution in [0.5, 0.6) is 11.6 Å². The first-order chi connectivity index (χ1) is 12.3. The van der Waals surface area contributed by atoms with E-state index in [2.05, 4.69) is 25.7 Å². The fourth-order valence-electron chi connectivity index (χ4n) is 2.62. The number of halogens is 4. The number of ether oxygens (including phenoxy) is 2. The Morgan fingerprint density at radius 1 is 1.27 bits per heavy atom. The van der Waals surface area contributed by atoms with Crippen molar-refractivity contribution < 1.29 is 27.4 Å². The predicted octanol–water partition coefficient (Wildman–Crippen LogP) is 4.04. The summed E-state index contributed by atoms with van der Waals surface area (Å²) in [5.74, 6) is -0.338. The molecule has 1 aromatic carbocycles. The van der Waals surface area contributed by atoms with Crippen LogP contribution in [0, 0.1) is 0 Å². The Morgan fingerprint density at radius 3 is 2.77 bits per heavy atom. The Bertz CT molecular complexity index is 784. The molecular weight excluding hydrogens is 417 g/mol. The van der Waals surface area contributed by atoms with Crippen molar-refractivity contribution in [1.82, 2.24) is 9.88 Å². The molecular formula is C17H14BrF3N2O3. The van der Waals surface area contributed by atoms with Crippen LogP contribution < -0.4 is 9.47 Å². The number of pyridine rings is 1. The van der Waals surface area contributed by atoms with Crippen molar-refractivity contribution in [2.45, 2.75) is 18.9 Å². The monoisotopic (exact) mass is 430 g/mol. The number of amides is 1.